The van der Waals surface area contributed by atoms with Crippen molar-refractivity contribution in [1.82, 2.24) is 4.98 Å². The van der Waals surface area contributed by atoms with Crippen molar-refractivity contribution in [2.24, 2.45) is 0 Å². The second-order valence-corrected chi connectivity index (χ2v) is 6.64. The molecule has 0 bridgehead atoms. The van der Waals surface area contributed by atoms with E-state index in [9.17, 15) is 4.79 Å². The van der Waals surface area contributed by atoms with Gasteiger partial charge in [-0.05, 0) is 41.7 Å². The largest absolute Gasteiger partial charge is 0.384 e. The molecule has 0 atom stereocenters. The molecule has 1 aromatic carbocycles. The normalized spacial score (nSPS) is 11.1. The van der Waals surface area contributed by atoms with Crippen LogP contribution in [0.15, 0.2) is 42.6 Å². The molecular formula is C19H25N3O. The van der Waals surface area contributed by atoms with E-state index in [-0.39, 0.29) is 11.3 Å². The van der Waals surface area contributed by atoms with Crippen LogP contribution in [0.1, 0.15) is 50.0 Å². The number of aromatic nitrogens is 1. The zero-order valence-corrected chi connectivity index (χ0v) is 14.3. The number of carbonyl (C=O) groups excluding carboxylic acids is 1. The number of rotatable bonds is 5. The van der Waals surface area contributed by atoms with E-state index in [2.05, 4.69) is 43.3 Å². The highest BCUT2D eigenvalue weighted by Crippen LogP contribution is 2.22. The van der Waals surface area contributed by atoms with Crippen molar-refractivity contribution in [3.05, 3.63) is 53.7 Å². The molecule has 1 aromatic heterocycles. The van der Waals surface area contributed by atoms with Crippen LogP contribution in [-0.2, 0) is 5.41 Å². The summed E-state index contributed by atoms with van der Waals surface area (Å²) in [6.07, 6.45) is 2.79. The highest BCUT2D eigenvalue weighted by Gasteiger charge is 2.14. The summed E-state index contributed by atoms with van der Waals surface area (Å²) in [5, 5.41) is 6.07. The lowest BCUT2D eigenvalue weighted by Crippen LogP contribution is -2.15. The van der Waals surface area contributed by atoms with Crippen molar-refractivity contribution in [3.8, 4) is 0 Å². The Kier molecular flexibility index (Phi) is 5.37. The molecule has 0 saturated carbocycles. The lowest BCUT2D eigenvalue weighted by atomic mass is 9.87. The van der Waals surface area contributed by atoms with Crippen molar-refractivity contribution >= 4 is 17.4 Å². The average Bonchev–Trinajstić information content (AvgIpc) is 2.53. The van der Waals surface area contributed by atoms with E-state index < -0.39 is 0 Å². The Morgan fingerprint density at radius 1 is 1.09 bits per heavy atom. The molecule has 1 heterocycles. The Hall–Kier alpha value is -2.36. The van der Waals surface area contributed by atoms with Gasteiger partial charge in [0.15, 0.2) is 0 Å². The van der Waals surface area contributed by atoms with Crippen molar-refractivity contribution in [3.63, 3.8) is 0 Å². The van der Waals surface area contributed by atoms with E-state index in [1.54, 1.807) is 12.3 Å². The predicted octanol–water partition coefficient (Wildman–Crippen LogP) is 4.45. The summed E-state index contributed by atoms with van der Waals surface area (Å²) in [7, 11) is 0. The summed E-state index contributed by atoms with van der Waals surface area (Å²) >= 11 is 0. The van der Waals surface area contributed by atoms with Crippen molar-refractivity contribution < 1.29 is 4.79 Å². The summed E-state index contributed by atoms with van der Waals surface area (Å²) in [5.74, 6) is 0.407. The van der Waals surface area contributed by atoms with E-state index >= 15 is 0 Å². The molecule has 4 heteroatoms. The quantitative estimate of drug-likeness (QED) is 0.857. The minimum absolute atomic E-state index is 0.0812. The fourth-order valence-corrected chi connectivity index (χ4v) is 2.15. The molecule has 23 heavy (non-hydrogen) atoms. The smallest absolute Gasteiger partial charge is 0.256 e. The Labute approximate surface area is 138 Å². The molecule has 0 aliphatic rings. The van der Waals surface area contributed by atoms with Gasteiger partial charge in [0.1, 0.15) is 5.82 Å². The number of nitrogens with zero attached hydrogens (tertiary/aromatic N) is 1. The van der Waals surface area contributed by atoms with Crippen LogP contribution < -0.4 is 10.6 Å². The maximum Gasteiger partial charge on any atom is 0.256 e. The second kappa shape index (κ2) is 7.27. The highest BCUT2D eigenvalue weighted by atomic mass is 16.1. The first kappa shape index (κ1) is 17.0. The van der Waals surface area contributed by atoms with Gasteiger partial charge in [0.2, 0.25) is 0 Å². The second-order valence-electron chi connectivity index (χ2n) is 6.64. The molecule has 0 aliphatic carbocycles. The molecule has 122 valence electrons. The van der Waals surface area contributed by atoms with Crippen LogP contribution in [0, 0.1) is 0 Å². The third kappa shape index (κ3) is 4.81. The van der Waals surface area contributed by atoms with Crippen LogP contribution in [0.4, 0.5) is 11.5 Å². The Morgan fingerprint density at radius 2 is 1.78 bits per heavy atom. The molecule has 0 aliphatic heterocycles. The number of benzene rings is 1. The van der Waals surface area contributed by atoms with Crippen LogP contribution in [0.5, 0.6) is 0 Å². The van der Waals surface area contributed by atoms with Gasteiger partial charge in [-0.25, -0.2) is 4.98 Å². The van der Waals surface area contributed by atoms with Gasteiger partial charge in [0.05, 0.1) is 11.9 Å². The molecule has 0 saturated heterocycles. The number of pyridine rings is 1. The Balaban J connectivity index is 2.01. The van der Waals surface area contributed by atoms with Crippen LogP contribution in [0.3, 0.4) is 0 Å². The zero-order valence-electron chi connectivity index (χ0n) is 14.3. The van der Waals surface area contributed by atoms with Crippen LogP contribution in [-0.4, -0.2) is 17.4 Å². The molecule has 1 amide bonds. The SMILES string of the molecule is CCCNc1ccc(NC(=O)c2ccc(C(C)(C)C)cc2)nc1. The van der Waals surface area contributed by atoms with Gasteiger partial charge in [-0.2, -0.15) is 0 Å². The predicted molar refractivity (Wildman–Crippen MR) is 96.1 cm³/mol. The number of carbonyl (C=O) groups is 1. The van der Waals surface area contributed by atoms with E-state index in [1.165, 1.54) is 5.56 Å². The molecule has 2 aromatic rings. The molecule has 2 N–H and O–H groups in total. The summed E-state index contributed by atoms with van der Waals surface area (Å²) < 4.78 is 0. The summed E-state index contributed by atoms with van der Waals surface area (Å²) in [5.41, 5.74) is 2.88. The number of anilines is 2. The lowest BCUT2D eigenvalue weighted by Gasteiger charge is -2.19. The third-order valence-corrected chi connectivity index (χ3v) is 3.60. The molecule has 4 nitrogen and oxygen atoms in total. The molecule has 0 unspecified atom stereocenters. The fraction of sp³-hybridized carbons (Fsp3) is 0.368. The van der Waals surface area contributed by atoms with Crippen molar-refractivity contribution in [2.75, 3.05) is 17.2 Å². The topological polar surface area (TPSA) is 54.0 Å². The summed E-state index contributed by atoms with van der Waals surface area (Å²) in [4.78, 5) is 16.5. The Bertz CT molecular complexity index is 640. The fourth-order valence-electron chi connectivity index (χ4n) is 2.15. The van der Waals surface area contributed by atoms with Gasteiger partial charge in [-0.1, -0.05) is 39.8 Å². The van der Waals surface area contributed by atoms with Gasteiger partial charge in [0, 0.05) is 12.1 Å². The molecule has 0 radical (unpaired) electrons. The first-order valence-electron chi connectivity index (χ1n) is 8.02. The maximum absolute atomic E-state index is 12.3. The van der Waals surface area contributed by atoms with E-state index in [1.807, 2.05) is 30.3 Å². The maximum atomic E-state index is 12.3. The van der Waals surface area contributed by atoms with Gasteiger partial charge >= 0.3 is 0 Å². The average molecular weight is 311 g/mol. The molecular weight excluding hydrogens is 286 g/mol. The van der Waals surface area contributed by atoms with Crippen LogP contribution in [0.25, 0.3) is 0 Å². The minimum Gasteiger partial charge on any atom is -0.384 e. The number of amides is 1. The number of hydrogen-bond donors (Lipinski definition) is 2. The molecule has 2 rings (SSSR count). The first-order chi connectivity index (χ1) is 10.9. The minimum atomic E-state index is -0.146. The van der Waals surface area contributed by atoms with Gasteiger partial charge in [-0.3, -0.25) is 4.79 Å². The van der Waals surface area contributed by atoms with Crippen LogP contribution >= 0.6 is 0 Å². The number of nitrogens with one attached hydrogen (secondary N) is 2. The standard InChI is InChI=1S/C19H25N3O/c1-5-12-20-16-10-11-17(21-13-16)22-18(23)14-6-8-15(9-7-14)19(2,3)4/h6-11,13,20H,5,12H2,1-4H3,(H,21,22,23). The van der Waals surface area contributed by atoms with Crippen LogP contribution in [0.2, 0.25) is 0 Å². The van der Waals surface area contributed by atoms with E-state index in [4.69, 9.17) is 0 Å². The summed E-state index contributed by atoms with van der Waals surface area (Å²) in [6.45, 7) is 9.48. The van der Waals surface area contributed by atoms with E-state index in [0.29, 0.717) is 11.4 Å². The summed E-state index contributed by atoms with van der Waals surface area (Å²) in [6, 6.07) is 11.4. The van der Waals surface area contributed by atoms with Gasteiger partial charge < -0.3 is 10.6 Å². The molecule has 0 fully saturated rings. The van der Waals surface area contributed by atoms with Gasteiger partial charge in [-0.15, -0.1) is 0 Å². The zero-order chi connectivity index (χ0) is 16.9. The highest BCUT2D eigenvalue weighted by molar-refractivity contribution is 6.03. The van der Waals surface area contributed by atoms with Gasteiger partial charge in [0.25, 0.3) is 5.91 Å². The third-order valence-electron chi connectivity index (χ3n) is 3.60. The van der Waals surface area contributed by atoms with E-state index in [0.717, 1.165) is 18.7 Å². The number of hydrogen-bond acceptors (Lipinski definition) is 3. The first-order valence-corrected chi connectivity index (χ1v) is 8.02. The van der Waals surface area contributed by atoms with Crippen molar-refractivity contribution in [1.29, 1.82) is 0 Å². The Morgan fingerprint density at radius 3 is 2.30 bits per heavy atom. The van der Waals surface area contributed by atoms with Crippen molar-refractivity contribution in [2.45, 2.75) is 39.5 Å². The monoisotopic (exact) mass is 311 g/mol. The lowest BCUT2D eigenvalue weighted by molar-refractivity contribution is 0.102. The molecule has 0 spiro atoms.